The predicted octanol–water partition coefficient (Wildman–Crippen LogP) is 4.40. The maximum atomic E-state index is 12.9. The molecule has 5 rings (SSSR count). The number of carbonyl (C=O) groups excluding carboxylic acids is 1. The zero-order valence-corrected chi connectivity index (χ0v) is 19.5. The lowest BCUT2D eigenvalue weighted by Gasteiger charge is -2.16. The van der Waals surface area contributed by atoms with E-state index in [-0.39, 0.29) is 16.8 Å². The second kappa shape index (κ2) is 7.95. The van der Waals surface area contributed by atoms with Crippen molar-refractivity contribution in [2.24, 2.45) is 4.99 Å². The van der Waals surface area contributed by atoms with E-state index < -0.39 is 10.0 Å². The molecule has 1 aromatic heterocycles. The number of hydrogen-bond acceptors (Lipinski definition) is 4. The van der Waals surface area contributed by atoms with E-state index in [1.807, 2.05) is 23.6 Å². The summed E-state index contributed by atoms with van der Waals surface area (Å²) in [6.07, 6.45) is 1.79. The fourth-order valence-electron chi connectivity index (χ4n) is 3.91. The Kier molecular flexibility index (Phi) is 5.23. The topological polar surface area (TPSA) is 71.7 Å². The first-order valence-electron chi connectivity index (χ1n) is 10.6. The first-order valence-corrected chi connectivity index (χ1v) is 12.8. The van der Waals surface area contributed by atoms with Crippen molar-refractivity contribution >= 4 is 48.3 Å². The van der Waals surface area contributed by atoms with Crippen LogP contribution in [-0.4, -0.2) is 36.3 Å². The van der Waals surface area contributed by atoms with Crippen molar-refractivity contribution in [1.29, 1.82) is 0 Å². The molecule has 32 heavy (non-hydrogen) atoms. The fraction of sp³-hybridized carbons (Fsp3) is 0.250. The van der Waals surface area contributed by atoms with Crippen molar-refractivity contribution in [3.05, 3.63) is 71.0 Å². The number of fused-ring (bicyclic) bond motifs is 3. The highest BCUT2D eigenvalue weighted by Gasteiger charge is 2.35. The van der Waals surface area contributed by atoms with Gasteiger partial charge in [0.05, 0.1) is 15.1 Å². The minimum atomic E-state index is -3.54. The number of carbonyl (C=O) groups is 1. The third kappa shape index (κ3) is 3.58. The molecule has 1 amide bonds. The van der Waals surface area contributed by atoms with Crippen molar-refractivity contribution < 1.29 is 13.2 Å². The number of nitrogens with zero attached hydrogens (tertiary/aromatic N) is 3. The summed E-state index contributed by atoms with van der Waals surface area (Å²) in [6.45, 7) is 2.72. The Hall–Kier alpha value is -2.81. The number of sulfonamides is 1. The summed E-state index contributed by atoms with van der Waals surface area (Å²) >= 11 is 1.50. The van der Waals surface area contributed by atoms with Crippen LogP contribution in [0.3, 0.4) is 0 Å². The van der Waals surface area contributed by atoms with Crippen LogP contribution >= 0.6 is 11.3 Å². The van der Waals surface area contributed by atoms with Gasteiger partial charge in [-0.3, -0.25) is 4.79 Å². The fourth-order valence-corrected chi connectivity index (χ4v) is 6.55. The maximum absolute atomic E-state index is 12.9. The number of hydrogen-bond donors (Lipinski definition) is 0. The molecule has 0 aliphatic heterocycles. The standard InChI is InChI=1S/C24H23N3O3S2/c1-3-27-21-15-10-16-6-4-5-7-20(16)22(21)31-24(27)25-23(28)17-8-13-19(14-9-17)32(29,30)26(2)18-11-12-18/h4-10,13-15,18H,3,11-12H2,1-2H3. The van der Waals surface area contributed by atoms with Crippen molar-refractivity contribution in [1.82, 2.24) is 8.87 Å². The molecular formula is C24H23N3O3S2. The first kappa shape index (κ1) is 21.1. The minimum absolute atomic E-state index is 0.0878. The second-order valence-corrected chi connectivity index (χ2v) is 10.9. The van der Waals surface area contributed by atoms with Crippen LogP contribution in [0.15, 0.2) is 70.6 Å². The summed E-state index contributed by atoms with van der Waals surface area (Å²) in [5.74, 6) is -0.387. The Bertz CT molecular complexity index is 1510. The molecule has 0 bridgehead atoms. The molecule has 0 unspecified atom stereocenters. The van der Waals surface area contributed by atoms with Gasteiger partial charge in [-0.1, -0.05) is 41.7 Å². The van der Waals surface area contributed by atoms with E-state index in [4.69, 9.17) is 0 Å². The van der Waals surface area contributed by atoms with Crippen LogP contribution in [-0.2, 0) is 16.6 Å². The molecule has 0 saturated heterocycles. The molecule has 6 nitrogen and oxygen atoms in total. The van der Waals surface area contributed by atoms with Crippen molar-refractivity contribution in [2.45, 2.75) is 37.2 Å². The summed E-state index contributed by atoms with van der Waals surface area (Å²) in [7, 11) is -1.93. The van der Waals surface area contributed by atoms with Crippen LogP contribution in [0.5, 0.6) is 0 Å². The second-order valence-electron chi connectivity index (χ2n) is 7.96. The van der Waals surface area contributed by atoms with Gasteiger partial charge in [-0.05, 0) is 55.5 Å². The Morgan fingerprint density at radius 2 is 1.81 bits per heavy atom. The third-order valence-electron chi connectivity index (χ3n) is 5.93. The highest BCUT2D eigenvalue weighted by atomic mass is 32.2. The number of rotatable bonds is 5. The van der Waals surface area contributed by atoms with Crippen molar-refractivity contribution in [3.8, 4) is 0 Å². The van der Waals surface area contributed by atoms with E-state index in [1.165, 1.54) is 27.8 Å². The molecule has 4 aromatic rings. The van der Waals surface area contributed by atoms with Gasteiger partial charge in [0.1, 0.15) is 0 Å². The number of aryl methyl sites for hydroxylation is 1. The third-order valence-corrected chi connectivity index (χ3v) is 8.98. The van der Waals surface area contributed by atoms with Gasteiger partial charge in [0.25, 0.3) is 5.91 Å². The van der Waals surface area contributed by atoms with Crippen molar-refractivity contribution in [3.63, 3.8) is 0 Å². The molecule has 3 aromatic carbocycles. The molecule has 1 aliphatic rings. The molecule has 0 atom stereocenters. The largest absolute Gasteiger partial charge is 0.317 e. The highest BCUT2D eigenvalue weighted by Crippen LogP contribution is 2.30. The molecule has 1 saturated carbocycles. The normalized spacial score (nSPS) is 15.2. The summed E-state index contributed by atoms with van der Waals surface area (Å²) in [5.41, 5.74) is 1.41. The molecule has 0 N–H and O–H groups in total. The van der Waals surface area contributed by atoms with Gasteiger partial charge < -0.3 is 4.57 Å². The van der Waals surface area contributed by atoms with Gasteiger partial charge in [-0.15, -0.1) is 0 Å². The zero-order chi connectivity index (χ0) is 22.5. The predicted molar refractivity (Wildman–Crippen MR) is 127 cm³/mol. The Morgan fingerprint density at radius 3 is 2.50 bits per heavy atom. The Morgan fingerprint density at radius 1 is 1.09 bits per heavy atom. The van der Waals surface area contributed by atoms with Gasteiger partial charge in [-0.25, -0.2) is 8.42 Å². The van der Waals surface area contributed by atoms with Gasteiger partial charge in [0.2, 0.25) is 10.0 Å². The van der Waals surface area contributed by atoms with Gasteiger partial charge in [0.15, 0.2) is 4.80 Å². The molecule has 1 fully saturated rings. The summed E-state index contributed by atoms with van der Waals surface area (Å²) in [6, 6.07) is 18.5. The average molecular weight is 466 g/mol. The average Bonchev–Trinajstić information content (AvgIpc) is 3.59. The zero-order valence-electron chi connectivity index (χ0n) is 17.9. The lowest BCUT2D eigenvalue weighted by molar-refractivity contribution is 0.0997. The van der Waals surface area contributed by atoms with Crippen LogP contribution in [0, 0.1) is 0 Å². The summed E-state index contributed by atoms with van der Waals surface area (Å²) < 4.78 is 29.9. The van der Waals surface area contributed by atoms with E-state index in [1.54, 1.807) is 19.2 Å². The van der Waals surface area contributed by atoms with Crippen molar-refractivity contribution in [2.75, 3.05) is 7.05 Å². The van der Waals surface area contributed by atoms with Crippen LogP contribution in [0.2, 0.25) is 0 Å². The number of amides is 1. The van der Waals surface area contributed by atoms with E-state index in [2.05, 4.69) is 29.3 Å². The SMILES string of the molecule is CCn1c(=NC(=O)c2ccc(S(=O)(=O)N(C)C3CC3)cc2)sc2c3ccccc3ccc21. The number of aromatic nitrogens is 1. The first-order chi connectivity index (χ1) is 15.4. The van der Waals surface area contributed by atoms with Gasteiger partial charge >= 0.3 is 0 Å². The van der Waals surface area contributed by atoms with Crippen LogP contribution in [0.25, 0.3) is 21.0 Å². The maximum Gasteiger partial charge on any atom is 0.279 e. The Balaban J connectivity index is 1.52. The van der Waals surface area contributed by atoms with E-state index in [0.717, 1.165) is 33.8 Å². The smallest absolute Gasteiger partial charge is 0.279 e. The molecule has 0 spiro atoms. The van der Waals surface area contributed by atoms with E-state index in [0.29, 0.717) is 16.9 Å². The molecule has 1 heterocycles. The van der Waals surface area contributed by atoms with Crippen LogP contribution in [0.1, 0.15) is 30.1 Å². The summed E-state index contributed by atoms with van der Waals surface area (Å²) in [5, 5.41) is 2.29. The van der Waals surface area contributed by atoms with Crippen LogP contribution in [0.4, 0.5) is 0 Å². The van der Waals surface area contributed by atoms with E-state index >= 15 is 0 Å². The number of benzene rings is 3. The Labute approximate surface area is 190 Å². The quantitative estimate of drug-likeness (QED) is 0.439. The number of thiazole rings is 1. The summed E-state index contributed by atoms with van der Waals surface area (Å²) in [4.78, 5) is 18.1. The van der Waals surface area contributed by atoms with Gasteiger partial charge in [-0.2, -0.15) is 9.30 Å². The molecule has 164 valence electrons. The van der Waals surface area contributed by atoms with E-state index in [9.17, 15) is 13.2 Å². The highest BCUT2D eigenvalue weighted by molar-refractivity contribution is 7.89. The molecule has 1 aliphatic carbocycles. The van der Waals surface area contributed by atoms with Crippen LogP contribution < -0.4 is 4.80 Å². The molecule has 0 radical (unpaired) electrons. The molecule has 8 heteroatoms. The lowest BCUT2D eigenvalue weighted by Crippen LogP contribution is -2.28. The minimum Gasteiger partial charge on any atom is -0.317 e. The molecular weight excluding hydrogens is 442 g/mol. The van der Waals surface area contributed by atoms with Gasteiger partial charge in [0, 0.05) is 30.6 Å². The monoisotopic (exact) mass is 465 g/mol. The lowest BCUT2D eigenvalue weighted by atomic mass is 10.1.